The predicted molar refractivity (Wildman–Crippen MR) is 71.7 cm³/mol. The van der Waals surface area contributed by atoms with E-state index in [-0.39, 0.29) is 0 Å². The van der Waals surface area contributed by atoms with Gasteiger partial charge in [-0.3, -0.25) is 4.79 Å². The van der Waals surface area contributed by atoms with E-state index in [1.54, 1.807) is 26.3 Å². The summed E-state index contributed by atoms with van der Waals surface area (Å²) in [6, 6.07) is 1.85. The van der Waals surface area contributed by atoms with Gasteiger partial charge in [0.2, 0.25) is 0 Å². The second-order valence-corrected chi connectivity index (χ2v) is 4.19. The Kier molecular flexibility index (Phi) is 5.14. The number of carboxylic acid groups (broad SMARTS) is 1. The minimum Gasteiger partial charge on any atom is -0.496 e. The average molecular weight is 268 g/mol. The van der Waals surface area contributed by atoms with Gasteiger partial charge in [0, 0.05) is 5.56 Å². The molecular formula is C13H20N2O4. The van der Waals surface area contributed by atoms with E-state index < -0.39 is 18.1 Å². The molecule has 0 aliphatic rings. The van der Waals surface area contributed by atoms with Crippen molar-refractivity contribution >= 4 is 5.97 Å². The number of carbonyl (C=O) groups is 1. The fourth-order valence-corrected chi connectivity index (χ4v) is 1.97. The van der Waals surface area contributed by atoms with Crippen LogP contribution in [0.25, 0.3) is 0 Å². The highest BCUT2D eigenvalue weighted by molar-refractivity contribution is 5.75. The molecule has 1 rings (SSSR count). The van der Waals surface area contributed by atoms with Crippen molar-refractivity contribution in [3.8, 4) is 11.5 Å². The lowest BCUT2D eigenvalue weighted by atomic mass is 9.97. The van der Waals surface area contributed by atoms with Crippen LogP contribution in [0.15, 0.2) is 12.1 Å². The molecule has 2 unspecified atom stereocenters. The highest BCUT2D eigenvalue weighted by atomic mass is 16.5. The van der Waals surface area contributed by atoms with Crippen LogP contribution in [0.4, 0.5) is 0 Å². The van der Waals surface area contributed by atoms with Crippen LogP contribution in [-0.4, -0.2) is 38.4 Å². The topological polar surface area (TPSA) is 93.8 Å². The highest BCUT2D eigenvalue weighted by Crippen LogP contribution is 2.32. The molecule has 0 radical (unpaired) electrons. The van der Waals surface area contributed by atoms with Crippen LogP contribution in [0.1, 0.15) is 17.2 Å². The van der Waals surface area contributed by atoms with Gasteiger partial charge in [-0.15, -0.1) is 0 Å². The van der Waals surface area contributed by atoms with Gasteiger partial charge in [0.05, 0.1) is 20.3 Å². The maximum atomic E-state index is 11.2. The van der Waals surface area contributed by atoms with Gasteiger partial charge in [-0.25, -0.2) is 0 Å². The van der Waals surface area contributed by atoms with Gasteiger partial charge in [-0.2, -0.15) is 0 Å². The summed E-state index contributed by atoms with van der Waals surface area (Å²) in [5, 5.41) is 11.8. The van der Waals surface area contributed by atoms with Gasteiger partial charge in [0.1, 0.15) is 17.5 Å². The van der Waals surface area contributed by atoms with E-state index in [4.69, 9.17) is 20.3 Å². The third-order valence-corrected chi connectivity index (χ3v) is 3.04. The normalized spacial score (nSPS) is 13.7. The van der Waals surface area contributed by atoms with Gasteiger partial charge in [-0.1, -0.05) is 0 Å². The van der Waals surface area contributed by atoms with Crippen molar-refractivity contribution < 1.29 is 19.4 Å². The van der Waals surface area contributed by atoms with Gasteiger partial charge >= 0.3 is 5.97 Å². The molecule has 6 heteroatoms. The largest absolute Gasteiger partial charge is 0.496 e. The molecule has 0 bridgehead atoms. The van der Waals surface area contributed by atoms with E-state index in [0.29, 0.717) is 17.1 Å². The molecule has 6 nitrogen and oxygen atoms in total. The van der Waals surface area contributed by atoms with E-state index in [2.05, 4.69) is 5.32 Å². The second kappa shape index (κ2) is 6.40. The Labute approximate surface area is 112 Å². The number of ether oxygens (including phenoxy) is 2. The van der Waals surface area contributed by atoms with E-state index in [0.717, 1.165) is 5.56 Å². The number of likely N-dealkylation sites (N-methyl/N-ethyl adjacent to an activating group) is 1. The number of nitrogens with two attached hydrogens (primary N) is 1. The Hall–Kier alpha value is -1.79. The Morgan fingerprint density at radius 3 is 2.32 bits per heavy atom. The summed E-state index contributed by atoms with van der Waals surface area (Å²) in [4.78, 5) is 11.2. The fourth-order valence-electron chi connectivity index (χ4n) is 1.97. The van der Waals surface area contributed by atoms with Gasteiger partial charge in [0.15, 0.2) is 0 Å². The summed E-state index contributed by atoms with van der Waals surface area (Å²) in [5.41, 5.74) is 7.51. The minimum atomic E-state index is -1.02. The molecular weight excluding hydrogens is 248 g/mol. The van der Waals surface area contributed by atoms with Crippen molar-refractivity contribution in [2.45, 2.75) is 19.0 Å². The molecule has 0 saturated heterocycles. The van der Waals surface area contributed by atoms with Crippen LogP contribution < -0.4 is 20.5 Å². The Balaban J connectivity index is 3.27. The van der Waals surface area contributed by atoms with Gasteiger partial charge < -0.3 is 25.6 Å². The van der Waals surface area contributed by atoms with Crippen molar-refractivity contribution in [3.05, 3.63) is 23.3 Å². The van der Waals surface area contributed by atoms with Crippen LogP contribution >= 0.6 is 0 Å². The number of hydrogen-bond donors (Lipinski definition) is 3. The summed E-state index contributed by atoms with van der Waals surface area (Å²) in [5.74, 6) is 0.176. The molecule has 19 heavy (non-hydrogen) atoms. The molecule has 1 aromatic rings. The summed E-state index contributed by atoms with van der Waals surface area (Å²) >= 11 is 0. The van der Waals surface area contributed by atoms with Crippen molar-refractivity contribution in [1.82, 2.24) is 5.32 Å². The maximum Gasteiger partial charge on any atom is 0.322 e. The van der Waals surface area contributed by atoms with Gasteiger partial charge in [-0.05, 0) is 31.7 Å². The van der Waals surface area contributed by atoms with Crippen LogP contribution in [0, 0.1) is 6.92 Å². The number of benzene rings is 1. The first-order valence-corrected chi connectivity index (χ1v) is 5.84. The number of aliphatic carboxylic acids is 1. The molecule has 0 fully saturated rings. The zero-order chi connectivity index (χ0) is 14.6. The smallest absolute Gasteiger partial charge is 0.322 e. The van der Waals surface area contributed by atoms with Crippen molar-refractivity contribution in [3.63, 3.8) is 0 Å². The van der Waals surface area contributed by atoms with Gasteiger partial charge in [0.25, 0.3) is 0 Å². The van der Waals surface area contributed by atoms with E-state index in [9.17, 15) is 4.79 Å². The average Bonchev–Trinajstić information content (AvgIpc) is 2.38. The van der Waals surface area contributed by atoms with E-state index >= 15 is 0 Å². The number of aryl methyl sites for hydroxylation is 1. The predicted octanol–water partition coefficient (Wildman–Crippen LogP) is 0.685. The Bertz CT molecular complexity index is 462. The first kappa shape index (κ1) is 15.3. The monoisotopic (exact) mass is 268 g/mol. The molecule has 0 aliphatic heterocycles. The molecule has 4 N–H and O–H groups in total. The lowest BCUT2D eigenvalue weighted by Gasteiger charge is -2.23. The maximum absolute atomic E-state index is 11.2. The standard InChI is InChI=1S/C13H20N2O4/c1-7-5-10(19-4)8(6-9(7)18-3)11(14)12(15-2)13(16)17/h5-6,11-12,15H,14H2,1-4H3,(H,16,17). The number of methoxy groups -OCH3 is 2. The highest BCUT2D eigenvalue weighted by Gasteiger charge is 2.27. The molecule has 0 aromatic heterocycles. The number of rotatable bonds is 6. The summed E-state index contributed by atoms with van der Waals surface area (Å²) in [6.07, 6.45) is 0. The minimum absolute atomic E-state index is 0.548. The quantitative estimate of drug-likeness (QED) is 0.702. The van der Waals surface area contributed by atoms with Crippen LogP contribution in [0.3, 0.4) is 0 Å². The van der Waals surface area contributed by atoms with Crippen LogP contribution in [0.2, 0.25) is 0 Å². The first-order chi connectivity index (χ1) is 8.96. The third kappa shape index (κ3) is 3.15. The lowest BCUT2D eigenvalue weighted by Crippen LogP contribution is -2.43. The van der Waals surface area contributed by atoms with Crippen LogP contribution in [-0.2, 0) is 4.79 Å². The van der Waals surface area contributed by atoms with Crippen LogP contribution in [0.5, 0.6) is 11.5 Å². The third-order valence-electron chi connectivity index (χ3n) is 3.04. The molecule has 0 saturated carbocycles. The van der Waals surface area contributed by atoms with E-state index in [1.165, 1.54) is 7.11 Å². The number of carboxylic acids is 1. The van der Waals surface area contributed by atoms with Crippen molar-refractivity contribution in [1.29, 1.82) is 0 Å². The summed E-state index contributed by atoms with van der Waals surface area (Å²) in [7, 11) is 4.63. The summed E-state index contributed by atoms with van der Waals surface area (Å²) < 4.78 is 10.5. The molecule has 0 spiro atoms. The Morgan fingerprint density at radius 1 is 1.32 bits per heavy atom. The Morgan fingerprint density at radius 2 is 1.89 bits per heavy atom. The SMILES string of the molecule is CNC(C(=O)O)C(N)c1cc(OC)c(C)cc1OC. The molecule has 0 amide bonds. The zero-order valence-corrected chi connectivity index (χ0v) is 11.6. The fraction of sp³-hybridized carbons (Fsp3) is 0.462. The molecule has 106 valence electrons. The molecule has 2 atom stereocenters. The zero-order valence-electron chi connectivity index (χ0n) is 11.6. The summed E-state index contributed by atoms with van der Waals surface area (Å²) in [6.45, 7) is 1.88. The molecule has 0 aliphatic carbocycles. The van der Waals surface area contributed by atoms with Crippen molar-refractivity contribution in [2.24, 2.45) is 5.73 Å². The number of hydrogen-bond acceptors (Lipinski definition) is 5. The second-order valence-electron chi connectivity index (χ2n) is 4.19. The number of nitrogens with one attached hydrogen (secondary N) is 1. The molecule has 0 heterocycles. The van der Waals surface area contributed by atoms with E-state index in [1.807, 2.05) is 6.92 Å². The van der Waals surface area contributed by atoms with Crippen molar-refractivity contribution in [2.75, 3.05) is 21.3 Å². The molecule has 1 aromatic carbocycles. The lowest BCUT2D eigenvalue weighted by molar-refractivity contribution is -0.139. The first-order valence-electron chi connectivity index (χ1n) is 5.84.